The number of carbonyl (C=O) groups excluding carboxylic acids is 1. The van der Waals surface area contributed by atoms with Crippen molar-refractivity contribution in [3.05, 3.63) is 0 Å². The van der Waals surface area contributed by atoms with Gasteiger partial charge >= 0.3 is 0 Å². The maximum atomic E-state index is 10.7. The molecule has 1 aliphatic rings. The van der Waals surface area contributed by atoms with Crippen molar-refractivity contribution in [3.8, 4) is 0 Å². The fraction of sp³-hybridized carbons (Fsp3) is 0.875. The van der Waals surface area contributed by atoms with Crippen LogP contribution in [0, 0.1) is 11.8 Å². The van der Waals surface area contributed by atoms with Crippen molar-refractivity contribution in [2.75, 3.05) is 0 Å². The van der Waals surface area contributed by atoms with Crippen LogP contribution >= 0.6 is 0 Å². The summed E-state index contributed by atoms with van der Waals surface area (Å²) in [5, 5.41) is 0. The molecule has 2 N–H and O–H groups in total. The van der Waals surface area contributed by atoms with Gasteiger partial charge in [-0.15, -0.1) is 0 Å². The first-order valence-electron chi connectivity index (χ1n) is 3.87. The number of ketones is 1. The van der Waals surface area contributed by atoms with Crippen LogP contribution in [0.5, 0.6) is 0 Å². The quantitative estimate of drug-likeness (QED) is 0.636. The third kappa shape index (κ3) is 1.81. The molecule has 10 heavy (non-hydrogen) atoms. The SMILES string of the molecule is CC(=O)C(N)CC1CC1C. The van der Waals surface area contributed by atoms with Gasteiger partial charge in [-0.05, 0) is 31.6 Å². The third-order valence-electron chi connectivity index (χ3n) is 2.35. The first-order valence-corrected chi connectivity index (χ1v) is 3.87. The van der Waals surface area contributed by atoms with E-state index in [0.717, 1.165) is 18.3 Å². The van der Waals surface area contributed by atoms with Crippen molar-refractivity contribution in [1.82, 2.24) is 0 Å². The number of hydrogen-bond acceptors (Lipinski definition) is 2. The van der Waals surface area contributed by atoms with E-state index in [4.69, 9.17) is 5.73 Å². The lowest BCUT2D eigenvalue weighted by Gasteiger charge is -2.04. The fourth-order valence-electron chi connectivity index (χ4n) is 1.22. The van der Waals surface area contributed by atoms with Crippen LogP contribution in [0.25, 0.3) is 0 Å². The second kappa shape index (κ2) is 2.70. The highest BCUT2D eigenvalue weighted by Gasteiger charge is 2.34. The fourth-order valence-corrected chi connectivity index (χ4v) is 1.22. The number of hydrogen-bond donors (Lipinski definition) is 1. The van der Waals surface area contributed by atoms with Crippen LogP contribution in [0.1, 0.15) is 26.7 Å². The maximum absolute atomic E-state index is 10.7. The largest absolute Gasteiger partial charge is 0.322 e. The number of Topliss-reactive ketones (excluding diaryl/α,β-unsaturated/α-hetero) is 1. The van der Waals surface area contributed by atoms with Crippen molar-refractivity contribution in [3.63, 3.8) is 0 Å². The molecule has 1 aliphatic carbocycles. The van der Waals surface area contributed by atoms with Crippen LogP contribution in [-0.4, -0.2) is 11.8 Å². The van der Waals surface area contributed by atoms with Crippen LogP contribution in [0.2, 0.25) is 0 Å². The highest BCUT2D eigenvalue weighted by molar-refractivity contribution is 5.81. The molecule has 1 saturated carbocycles. The minimum Gasteiger partial charge on any atom is -0.322 e. The summed E-state index contributed by atoms with van der Waals surface area (Å²) in [4.78, 5) is 10.7. The van der Waals surface area contributed by atoms with E-state index < -0.39 is 0 Å². The number of nitrogens with two attached hydrogens (primary N) is 1. The Morgan fingerprint density at radius 3 is 2.60 bits per heavy atom. The minimum atomic E-state index is -0.199. The van der Waals surface area contributed by atoms with E-state index in [0.29, 0.717) is 0 Å². The zero-order chi connectivity index (χ0) is 7.72. The molecule has 58 valence electrons. The molecule has 0 spiro atoms. The molecule has 0 heterocycles. The van der Waals surface area contributed by atoms with Gasteiger partial charge in [0.15, 0.2) is 0 Å². The summed E-state index contributed by atoms with van der Waals surface area (Å²) in [5.41, 5.74) is 5.57. The van der Waals surface area contributed by atoms with Crippen LogP contribution in [0.3, 0.4) is 0 Å². The molecule has 1 fully saturated rings. The van der Waals surface area contributed by atoms with Gasteiger partial charge in [-0.3, -0.25) is 4.79 Å². The monoisotopic (exact) mass is 141 g/mol. The van der Waals surface area contributed by atoms with Gasteiger partial charge in [-0.1, -0.05) is 6.92 Å². The van der Waals surface area contributed by atoms with Gasteiger partial charge in [0.05, 0.1) is 6.04 Å². The second-order valence-corrected chi connectivity index (χ2v) is 3.43. The Morgan fingerprint density at radius 1 is 1.80 bits per heavy atom. The van der Waals surface area contributed by atoms with Gasteiger partial charge in [0.25, 0.3) is 0 Å². The highest BCUT2D eigenvalue weighted by Crippen LogP contribution is 2.40. The van der Waals surface area contributed by atoms with E-state index in [9.17, 15) is 4.79 Å². The Labute approximate surface area is 61.8 Å². The maximum Gasteiger partial charge on any atom is 0.146 e. The Kier molecular flexibility index (Phi) is 2.09. The van der Waals surface area contributed by atoms with Crippen molar-refractivity contribution in [2.45, 2.75) is 32.7 Å². The second-order valence-electron chi connectivity index (χ2n) is 3.43. The molecular weight excluding hydrogens is 126 g/mol. The number of rotatable bonds is 3. The van der Waals surface area contributed by atoms with E-state index in [1.807, 2.05) is 0 Å². The van der Waals surface area contributed by atoms with Crippen LogP contribution in [0.15, 0.2) is 0 Å². The van der Waals surface area contributed by atoms with E-state index in [1.54, 1.807) is 6.92 Å². The lowest BCUT2D eigenvalue weighted by molar-refractivity contribution is -0.118. The molecule has 0 amide bonds. The first-order chi connectivity index (χ1) is 4.61. The smallest absolute Gasteiger partial charge is 0.146 e. The van der Waals surface area contributed by atoms with E-state index in [1.165, 1.54) is 6.42 Å². The van der Waals surface area contributed by atoms with Crippen molar-refractivity contribution in [1.29, 1.82) is 0 Å². The molecule has 1 rings (SSSR count). The summed E-state index contributed by atoms with van der Waals surface area (Å²) >= 11 is 0. The molecule has 0 aromatic rings. The molecule has 2 nitrogen and oxygen atoms in total. The first kappa shape index (κ1) is 7.73. The molecule has 0 aromatic carbocycles. The summed E-state index contributed by atoms with van der Waals surface area (Å²) in [5.74, 6) is 1.67. The zero-order valence-electron chi connectivity index (χ0n) is 6.63. The highest BCUT2D eigenvalue weighted by atomic mass is 16.1. The molecular formula is C8H15NO. The van der Waals surface area contributed by atoms with Crippen LogP contribution in [-0.2, 0) is 4.79 Å². The molecule has 2 heteroatoms. The Morgan fingerprint density at radius 2 is 2.30 bits per heavy atom. The summed E-state index contributed by atoms with van der Waals surface area (Å²) < 4.78 is 0. The van der Waals surface area contributed by atoms with Gasteiger partial charge in [0.1, 0.15) is 5.78 Å². The molecule has 0 saturated heterocycles. The van der Waals surface area contributed by atoms with Gasteiger partial charge in [-0.25, -0.2) is 0 Å². The normalized spacial score (nSPS) is 33.5. The molecule has 0 bridgehead atoms. The molecule has 0 aromatic heterocycles. The summed E-state index contributed by atoms with van der Waals surface area (Å²) in [6, 6.07) is -0.199. The predicted molar refractivity (Wildman–Crippen MR) is 40.5 cm³/mol. The lowest BCUT2D eigenvalue weighted by Crippen LogP contribution is -2.28. The summed E-state index contributed by atoms with van der Waals surface area (Å²) in [6.07, 6.45) is 2.16. The van der Waals surface area contributed by atoms with Crippen LogP contribution in [0.4, 0.5) is 0 Å². The minimum absolute atomic E-state index is 0.124. The van der Waals surface area contributed by atoms with E-state index in [2.05, 4.69) is 6.92 Å². The van der Waals surface area contributed by atoms with Gasteiger partial charge in [0.2, 0.25) is 0 Å². The zero-order valence-corrected chi connectivity index (χ0v) is 6.63. The predicted octanol–water partition coefficient (Wildman–Crippen LogP) is 0.949. The third-order valence-corrected chi connectivity index (χ3v) is 2.35. The number of carbonyl (C=O) groups is 1. The van der Waals surface area contributed by atoms with Gasteiger partial charge < -0.3 is 5.73 Å². The Balaban J connectivity index is 2.19. The van der Waals surface area contributed by atoms with Gasteiger partial charge in [-0.2, -0.15) is 0 Å². The van der Waals surface area contributed by atoms with Gasteiger partial charge in [0, 0.05) is 0 Å². The standard InChI is InChI=1S/C8H15NO/c1-5-3-7(5)4-8(9)6(2)10/h5,7-8H,3-4,9H2,1-2H3. The lowest BCUT2D eigenvalue weighted by atomic mass is 10.1. The molecule has 0 aliphatic heterocycles. The van der Waals surface area contributed by atoms with E-state index >= 15 is 0 Å². The topological polar surface area (TPSA) is 43.1 Å². The Bertz CT molecular complexity index is 144. The van der Waals surface area contributed by atoms with Crippen molar-refractivity contribution in [2.24, 2.45) is 17.6 Å². The average Bonchev–Trinajstić information content (AvgIpc) is 2.46. The van der Waals surface area contributed by atoms with Crippen molar-refractivity contribution < 1.29 is 4.79 Å². The molecule has 0 radical (unpaired) electrons. The van der Waals surface area contributed by atoms with Crippen molar-refractivity contribution >= 4 is 5.78 Å². The molecule has 3 atom stereocenters. The average molecular weight is 141 g/mol. The Hall–Kier alpha value is -0.370. The molecule has 3 unspecified atom stereocenters. The summed E-state index contributed by atoms with van der Waals surface area (Å²) in [7, 11) is 0. The van der Waals surface area contributed by atoms with E-state index in [-0.39, 0.29) is 11.8 Å². The van der Waals surface area contributed by atoms with Crippen LogP contribution < -0.4 is 5.73 Å². The summed E-state index contributed by atoms with van der Waals surface area (Å²) in [6.45, 7) is 3.77.